The molecule has 0 radical (unpaired) electrons. The minimum atomic E-state index is 0.438. The van der Waals surface area contributed by atoms with Crippen molar-refractivity contribution in [3.05, 3.63) is 51.7 Å². The lowest BCUT2D eigenvalue weighted by molar-refractivity contribution is 0.524. The van der Waals surface area contributed by atoms with E-state index >= 15 is 0 Å². The minimum absolute atomic E-state index is 0.438. The normalized spacial score (nSPS) is 10.7. The molecular formula is C48H28N6OS7. The Morgan fingerprint density at radius 2 is 1.16 bits per heavy atom. The Bertz CT molecular complexity index is 3940. The number of hydrogen-bond acceptors (Lipinski definition) is 12. The van der Waals surface area contributed by atoms with E-state index in [2.05, 4.69) is 132 Å². The van der Waals surface area contributed by atoms with Crippen LogP contribution in [0.25, 0.3) is 92.3 Å². The van der Waals surface area contributed by atoms with Gasteiger partial charge in [0.25, 0.3) is 0 Å². The maximum Gasteiger partial charge on any atom is 0.160 e. The summed E-state index contributed by atoms with van der Waals surface area (Å²) >= 11 is 11.3. The molecule has 62 heavy (non-hydrogen) atoms. The number of aromatic nitrogens is 4. The zero-order valence-electron chi connectivity index (χ0n) is 33.7. The van der Waals surface area contributed by atoms with Crippen LogP contribution in [0.1, 0.15) is 36.1 Å². The molecule has 0 amide bonds. The molecule has 7 nitrogen and oxygen atoms in total. The van der Waals surface area contributed by atoms with Crippen molar-refractivity contribution in [2.45, 2.75) is 34.6 Å². The Labute approximate surface area is 384 Å². The van der Waals surface area contributed by atoms with Crippen molar-refractivity contribution < 1.29 is 4.74 Å². The van der Waals surface area contributed by atoms with E-state index in [0.717, 1.165) is 84.6 Å². The summed E-state index contributed by atoms with van der Waals surface area (Å²) < 4.78 is 24.9. The van der Waals surface area contributed by atoms with Gasteiger partial charge in [-0.25, -0.2) is 0 Å². The van der Waals surface area contributed by atoms with Crippen LogP contribution in [0.3, 0.4) is 0 Å². The standard InChI is InChI=1S/C48H28N6OS7/c1-7-10-13-16-27-21-28-44(57-27)45-29(53(28)6)22-36(61-45)48-32(55-18-15-12-9-3)24-34(59-48)38-40(50)39(49)37(41-42(38)52-62-51-41)33-19-25(4)43(58-33)35-23-31-47(60-35)46-30(20-26(5)56-46)54(31)17-14-11-8-2/h19-24H,49-50H2,1-6H3. The van der Waals surface area contributed by atoms with E-state index in [-0.39, 0.29) is 0 Å². The van der Waals surface area contributed by atoms with Crippen LogP contribution in [0.5, 0.6) is 5.75 Å². The van der Waals surface area contributed by atoms with Crippen LogP contribution >= 0.6 is 79.7 Å². The third-order valence-electron chi connectivity index (χ3n) is 10.1. The van der Waals surface area contributed by atoms with Crippen LogP contribution in [0, 0.1) is 85.2 Å². The van der Waals surface area contributed by atoms with Crippen LogP contribution in [-0.2, 0) is 7.05 Å². The third-order valence-corrected chi connectivity index (χ3v) is 18.0. The number of benzene rings is 1. The highest BCUT2D eigenvalue weighted by Gasteiger charge is 2.28. The summed E-state index contributed by atoms with van der Waals surface area (Å²) in [5, 5.41) is 0. The molecule has 10 aromatic rings. The second-order valence-corrected chi connectivity index (χ2v) is 20.9. The molecule has 0 spiro atoms. The maximum absolute atomic E-state index is 7.10. The number of hydrogen-bond donors (Lipinski definition) is 2. The zero-order chi connectivity index (χ0) is 42.8. The number of nitrogens with two attached hydrogens (primary N) is 2. The number of fused-ring (bicyclic) bond motifs is 7. The topological polar surface area (TPSA) is 96.9 Å². The van der Waals surface area contributed by atoms with Crippen molar-refractivity contribution in [3.63, 3.8) is 0 Å². The van der Waals surface area contributed by atoms with Gasteiger partial charge < -0.3 is 20.8 Å². The summed E-state index contributed by atoms with van der Waals surface area (Å²) in [7, 11) is 2.08. The van der Waals surface area contributed by atoms with Gasteiger partial charge in [0.1, 0.15) is 17.1 Å². The SMILES string of the molecule is CC#CC#COc1cc(-c2c(N)c(N)c(-c3cc(C)c(-c4cc5c(s4)c4sc(C)cc4n5C#CC#CC)s3)c3nsnc23)sc1-c1cc2c(s1)c1sc(C#CC#CC)cc1n2C. The van der Waals surface area contributed by atoms with E-state index in [9.17, 15) is 0 Å². The van der Waals surface area contributed by atoms with Gasteiger partial charge in [-0.15, -0.1) is 68.0 Å². The second kappa shape index (κ2) is 15.8. The van der Waals surface area contributed by atoms with Gasteiger partial charge in [-0.1, -0.05) is 17.8 Å². The quantitative estimate of drug-likeness (QED) is 0.132. The van der Waals surface area contributed by atoms with Gasteiger partial charge in [-0.05, 0) is 100 Å². The molecule has 298 valence electrons. The third kappa shape index (κ3) is 6.45. The molecule has 14 heteroatoms. The first kappa shape index (κ1) is 39.7. The van der Waals surface area contributed by atoms with E-state index in [1.54, 1.807) is 88.8 Å². The molecule has 4 N–H and O–H groups in total. The maximum atomic E-state index is 7.10. The fraction of sp³-hybridized carbons (Fsp3) is 0.125. The largest absolute Gasteiger partial charge is 0.405 e. The van der Waals surface area contributed by atoms with Gasteiger partial charge in [0, 0.05) is 66.5 Å². The molecule has 0 atom stereocenters. The minimum Gasteiger partial charge on any atom is -0.405 e. The summed E-state index contributed by atoms with van der Waals surface area (Å²) in [6, 6.07) is 16.2. The molecule has 10 rings (SSSR count). The number of rotatable bonds is 5. The number of ether oxygens (including phenoxy) is 1. The Kier molecular flexibility index (Phi) is 10.1. The van der Waals surface area contributed by atoms with Crippen molar-refractivity contribution in [1.82, 2.24) is 17.9 Å². The first-order chi connectivity index (χ1) is 30.2. The Hall–Kier alpha value is -6.40. The van der Waals surface area contributed by atoms with Gasteiger partial charge >= 0.3 is 0 Å². The van der Waals surface area contributed by atoms with Crippen molar-refractivity contribution in [1.29, 1.82) is 0 Å². The second-order valence-electron chi connectivity index (χ2n) is 13.8. The Morgan fingerprint density at radius 1 is 0.581 bits per heavy atom. The van der Waals surface area contributed by atoms with Crippen molar-refractivity contribution in [2.24, 2.45) is 7.05 Å². The van der Waals surface area contributed by atoms with Gasteiger partial charge in [-0.2, -0.15) is 8.75 Å². The summed E-state index contributed by atoms with van der Waals surface area (Å²) in [5.74, 6) is 29.5. The average molecular weight is 929 g/mol. The van der Waals surface area contributed by atoms with Gasteiger partial charge in [-0.3, -0.25) is 4.57 Å². The number of anilines is 2. The summed E-state index contributed by atoms with van der Waals surface area (Å²) in [4.78, 5) is 8.30. The highest BCUT2D eigenvalue weighted by atomic mass is 32.1. The molecule has 0 bridgehead atoms. The number of nitrogens with zero attached hydrogens (tertiary/aromatic N) is 4. The Morgan fingerprint density at radius 3 is 1.90 bits per heavy atom. The highest BCUT2D eigenvalue weighted by molar-refractivity contribution is 7.32. The van der Waals surface area contributed by atoms with Crippen LogP contribution in [0.15, 0.2) is 36.4 Å². The molecule has 0 fully saturated rings. The molecule has 0 aliphatic carbocycles. The van der Waals surface area contributed by atoms with Crippen LogP contribution in [-0.4, -0.2) is 17.9 Å². The molecule has 9 heterocycles. The van der Waals surface area contributed by atoms with Gasteiger partial charge in [0.15, 0.2) is 5.75 Å². The molecule has 0 saturated carbocycles. The van der Waals surface area contributed by atoms with Gasteiger partial charge in [0.05, 0.1) is 78.6 Å². The molecule has 0 aliphatic rings. The Balaban J connectivity index is 1.08. The fourth-order valence-corrected chi connectivity index (χ4v) is 15.3. The zero-order valence-corrected chi connectivity index (χ0v) is 39.4. The molecule has 0 saturated heterocycles. The highest BCUT2D eigenvalue weighted by Crippen LogP contribution is 2.54. The summed E-state index contributed by atoms with van der Waals surface area (Å²) in [5.41, 5.74) is 23.6. The molecule has 0 unspecified atom stereocenters. The summed E-state index contributed by atoms with van der Waals surface area (Å²) in [6.07, 6.45) is 2.78. The lowest BCUT2D eigenvalue weighted by Crippen LogP contribution is -2.01. The van der Waals surface area contributed by atoms with Crippen molar-refractivity contribution in [3.8, 4) is 117 Å². The molecule has 9 aromatic heterocycles. The van der Waals surface area contributed by atoms with Crippen molar-refractivity contribution >= 4 is 143 Å². The van der Waals surface area contributed by atoms with Crippen LogP contribution in [0.4, 0.5) is 11.4 Å². The predicted octanol–water partition coefficient (Wildman–Crippen LogP) is 12.8. The average Bonchev–Trinajstić information content (AvgIpc) is 4.11. The van der Waals surface area contributed by atoms with Crippen LogP contribution in [0.2, 0.25) is 0 Å². The van der Waals surface area contributed by atoms with E-state index in [1.807, 2.05) is 6.07 Å². The molecule has 1 aromatic carbocycles. The number of nitrogen functional groups attached to an aromatic ring is 2. The monoisotopic (exact) mass is 928 g/mol. The van der Waals surface area contributed by atoms with Crippen molar-refractivity contribution in [2.75, 3.05) is 11.5 Å². The number of aryl methyl sites for hydroxylation is 3. The number of thiophene rings is 6. The van der Waals surface area contributed by atoms with Gasteiger partial charge in [0.2, 0.25) is 0 Å². The predicted molar refractivity (Wildman–Crippen MR) is 271 cm³/mol. The fourth-order valence-electron chi connectivity index (χ4n) is 7.40. The first-order valence-corrected chi connectivity index (χ1v) is 24.4. The van der Waals surface area contributed by atoms with E-state index < -0.39 is 0 Å². The van der Waals surface area contributed by atoms with E-state index in [1.165, 1.54) is 23.7 Å². The van der Waals surface area contributed by atoms with E-state index in [0.29, 0.717) is 28.2 Å². The molecule has 0 aliphatic heterocycles. The summed E-state index contributed by atoms with van der Waals surface area (Å²) in [6.45, 7) is 9.59. The van der Waals surface area contributed by atoms with Crippen LogP contribution < -0.4 is 16.2 Å². The van der Waals surface area contributed by atoms with E-state index in [4.69, 9.17) is 25.0 Å². The molecular weight excluding hydrogens is 901 g/mol. The first-order valence-electron chi connectivity index (χ1n) is 18.8. The lowest BCUT2D eigenvalue weighted by Gasteiger charge is -2.12. The smallest absolute Gasteiger partial charge is 0.160 e. The lowest BCUT2D eigenvalue weighted by atomic mass is 10.0.